The van der Waals surface area contributed by atoms with Crippen molar-refractivity contribution in [2.75, 3.05) is 0 Å². The molecule has 0 aliphatic carbocycles. The molecule has 1 aliphatic heterocycles. The van der Waals surface area contributed by atoms with Crippen LogP contribution in [0, 0.1) is 16.7 Å². The number of aliphatic imine (C=N–C) groups is 2. The molecule has 16 heavy (non-hydrogen) atoms. The topological polar surface area (TPSA) is 92.6 Å². The van der Waals surface area contributed by atoms with Crippen molar-refractivity contribution in [1.29, 1.82) is 10.7 Å². The number of aromatic hydroxyl groups is 1. The third-order valence-corrected chi connectivity index (χ3v) is 2.21. The Labute approximate surface area is 91.9 Å². The number of hydrogen-bond donors (Lipinski definition) is 2. The van der Waals surface area contributed by atoms with E-state index in [2.05, 4.69) is 9.98 Å². The van der Waals surface area contributed by atoms with Crippen molar-refractivity contribution in [3.8, 4) is 11.8 Å². The van der Waals surface area contributed by atoms with Gasteiger partial charge in [0.05, 0.1) is 0 Å². The van der Waals surface area contributed by atoms with Crippen LogP contribution >= 0.6 is 0 Å². The normalized spacial score (nSPS) is 18.6. The zero-order chi connectivity index (χ0) is 11.5. The van der Waals surface area contributed by atoms with Crippen LogP contribution in [-0.4, -0.2) is 22.7 Å². The first kappa shape index (κ1) is 10.1. The molecule has 1 unspecified atom stereocenters. The van der Waals surface area contributed by atoms with E-state index in [4.69, 9.17) is 10.7 Å². The largest absolute Gasteiger partial charge is 0.508 e. The molecule has 1 aliphatic rings. The fourth-order valence-corrected chi connectivity index (χ4v) is 1.45. The highest BCUT2D eigenvalue weighted by atomic mass is 16.3. The third-order valence-electron chi connectivity index (χ3n) is 2.21. The van der Waals surface area contributed by atoms with Gasteiger partial charge in [-0.15, -0.1) is 0 Å². The lowest BCUT2D eigenvalue weighted by Crippen LogP contribution is -2.08. The van der Waals surface area contributed by atoms with Gasteiger partial charge in [0.2, 0.25) is 0 Å². The molecule has 0 radical (unpaired) electrons. The van der Waals surface area contributed by atoms with Crippen LogP contribution in [0.25, 0.3) is 0 Å². The minimum Gasteiger partial charge on any atom is -0.508 e. The van der Waals surface area contributed by atoms with Crippen LogP contribution in [0.2, 0.25) is 0 Å². The maximum Gasteiger partial charge on any atom is 0.171 e. The van der Waals surface area contributed by atoms with Crippen LogP contribution < -0.4 is 0 Å². The Kier molecular flexibility index (Phi) is 2.48. The lowest BCUT2D eigenvalue weighted by atomic mass is 10.1. The molecule has 5 heteroatoms. The number of rotatable bonds is 2. The number of para-hydroxylation sites is 1. The van der Waals surface area contributed by atoms with Gasteiger partial charge in [0.1, 0.15) is 17.5 Å². The summed E-state index contributed by atoms with van der Waals surface area (Å²) in [5.74, 6) is 0.0866. The molecule has 78 valence electrons. The first-order chi connectivity index (χ1) is 7.76. The Morgan fingerprint density at radius 1 is 1.38 bits per heavy atom. The van der Waals surface area contributed by atoms with Gasteiger partial charge in [-0.25, -0.2) is 9.98 Å². The standard InChI is InChI=1S/C11H8N4O/c12-5-8-9(6-13)15-11(14-8)7-3-1-2-4-10(7)16/h1-5,11-12,16H. The SMILES string of the molecule is N#CC1=NC(c2ccccc2O)N=C1C=N. The molecule has 1 aromatic rings. The predicted octanol–water partition coefficient (Wildman–Crippen LogP) is 1.46. The van der Waals surface area contributed by atoms with E-state index >= 15 is 0 Å². The van der Waals surface area contributed by atoms with Gasteiger partial charge in [-0.2, -0.15) is 5.26 Å². The monoisotopic (exact) mass is 212 g/mol. The highest BCUT2D eigenvalue weighted by Gasteiger charge is 2.22. The van der Waals surface area contributed by atoms with Gasteiger partial charge in [-0.05, 0) is 6.07 Å². The van der Waals surface area contributed by atoms with Crippen molar-refractivity contribution in [2.45, 2.75) is 6.17 Å². The van der Waals surface area contributed by atoms with Gasteiger partial charge >= 0.3 is 0 Å². The highest BCUT2D eigenvalue weighted by molar-refractivity contribution is 6.66. The predicted molar refractivity (Wildman–Crippen MR) is 60.1 cm³/mol. The second-order valence-corrected chi connectivity index (χ2v) is 3.18. The summed E-state index contributed by atoms with van der Waals surface area (Å²) >= 11 is 0. The Hall–Kier alpha value is -2.48. The lowest BCUT2D eigenvalue weighted by molar-refractivity contribution is 0.463. The fourth-order valence-electron chi connectivity index (χ4n) is 1.45. The summed E-state index contributed by atoms with van der Waals surface area (Å²) in [4.78, 5) is 8.11. The van der Waals surface area contributed by atoms with E-state index in [9.17, 15) is 5.11 Å². The molecule has 0 aromatic heterocycles. The number of phenols is 1. The molecule has 0 saturated carbocycles. The van der Waals surface area contributed by atoms with E-state index in [1.165, 1.54) is 6.07 Å². The van der Waals surface area contributed by atoms with Gasteiger partial charge in [0.25, 0.3) is 0 Å². The van der Waals surface area contributed by atoms with E-state index in [0.717, 1.165) is 6.21 Å². The maximum absolute atomic E-state index is 9.61. The second kappa shape index (κ2) is 3.95. The van der Waals surface area contributed by atoms with Crippen LogP contribution in [0.1, 0.15) is 11.7 Å². The van der Waals surface area contributed by atoms with Crippen LogP contribution in [0.4, 0.5) is 0 Å². The van der Waals surface area contributed by atoms with Crippen LogP contribution in [0.15, 0.2) is 34.3 Å². The summed E-state index contributed by atoms with van der Waals surface area (Å²) in [7, 11) is 0. The Morgan fingerprint density at radius 3 is 2.69 bits per heavy atom. The molecule has 1 aromatic carbocycles. The average molecular weight is 212 g/mol. The second-order valence-electron chi connectivity index (χ2n) is 3.18. The molecule has 2 rings (SSSR count). The van der Waals surface area contributed by atoms with Gasteiger partial charge in [-0.1, -0.05) is 18.2 Å². The zero-order valence-corrected chi connectivity index (χ0v) is 8.25. The number of nitrogens with one attached hydrogen (secondary N) is 1. The minimum atomic E-state index is -0.618. The van der Waals surface area contributed by atoms with Crippen molar-refractivity contribution in [3.05, 3.63) is 29.8 Å². The molecule has 2 N–H and O–H groups in total. The quantitative estimate of drug-likeness (QED) is 0.726. The summed E-state index contributed by atoms with van der Waals surface area (Å²) in [6.07, 6.45) is 0.370. The summed E-state index contributed by atoms with van der Waals surface area (Å²) < 4.78 is 0. The number of nitriles is 1. The van der Waals surface area contributed by atoms with Crippen molar-refractivity contribution in [3.63, 3.8) is 0 Å². The number of benzene rings is 1. The third kappa shape index (κ3) is 1.57. The molecule has 0 spiro atoms. The molecule has 1 heterocycles. The van der Waals surface area contributed by atoms with Crippen molar-refractivity contribution in [1.82, 2.24) is 0 Å². The number of phenolic OH excluding ortho intramolecular Hbond substituents is 1. The minimum absolute atomic E-state index is 0.0866. The van der Waals surface area contributed by atoms with Gasteiger partial charge in [0.15, 0.2) is 11.9 Å². The first-order valence-corrected chi connectivity index (χ1v) is 4.60. The Balaban J connectivity index is 2.44. The zero-order valence-electron chi connectivity index (χ0n) is 8.25. The van der Waals surface area contributed by atoms with Crippen molar-refractivity contribution >= 4 is 17.6 Å². The maximum atomic E-state index is 9.61. The summed E-state index contributed by atoms with van der Waals surface area (Å²) in [6.45, 7) is 0. The van der Waals surface area contributed by atoms with E-state index < -0.39 is 6.17 Å². The molecule has 1 atom stereocenters. The van der Waals surface area contributed by atoms with Gasteiger partial charge < -0.3 is 10.5 Å². The molecule has 0 saturated heterocycles. The number of hydrogen-bond acceptors (Lipinski definition) is 5. The van der Waals surface area contributed by atoms with Crippen LogP contribution in [0.3, 0.4) is 0 Å². The highest BCUT2D eigenvalue weighted by Crippen LogP contribution is 2.30. The average Bonchev–Trinajstić information content (AvgIpc) is 2.72. The van der Waals surface area contributed by atoms with E-state index in [1.54, 1.807) is 18.2 Å². The van der Waals surface area contributed by atoms with Crippen LogP contribution in [-0.2, 0) is 0 Å². The molecule has 0 bridgehead atoms. The summed E-state index contributed by atoms with van der Waals surface area (Å²) in [5.41, 5.74) is 0.908. The first-order valence-electron chi connectivity index (χ1n) is 4.60. The summed E-state index contributed by atoms with van der Waals surface area (Å²) in [5, 5.41) is 25.5. The van der Waals surface area contributed by atoms with Gasteiger partial charge in [0, 0.05) is 11.8 Å². The van der Waals surface area contributed by atoms with E-state index in [1.807, 2.05) is 6.07 Å². The smallest absolute Gasteiger partial charge is 0.171 e. The molecule has 0 fully saturated rings. The molecular formula is C11H8N4O. The lowest BCUT2D eigenvalue weighted by Gasteiger charge is -2.05. The van der Waals surface area contributed by atoms with Gasteiger partial charge in [-0.3, -0.25) is 0 Å². The van der Waals surface area contributed by atoms with E-state index in [0.29, 0.717) is 5.56 Å². The van der Waals surface area contributed by atoms with Crippen molar-refractivity contribution < 1.29 is 5.11 Å². The summed E-state index contributed by atoms with van der Waals surface area (Å²) in [6, 6.07) is 8.55. The van der Waals surface area contributed by atoms with Crippen LogP contribution in [0.5, 0.6) is 5.75 Å². The Bertz CT molecular complexity index is 539. The Morgan fingerprint density at radius 2 is 2.12 bits per heavy atom. The van der Waals surface area contributed by atoms with Crippen molar-refractivity contribution in [2.24, 2.45) is 9.98 Å². The number of nitrogens with zero attached hydrogens (tertiary/aromatic N) is 3. The molecule has 0 amide bonds. The van der Waals surface area contributed by atoms with E-state index in [-0.39, 0.29) is 17.2 Å². The molecule has 5 nitrogen and oxygen atoms in total. The fraction of sp³-hybridized carbons (Fsp3) is 0.0909. The molecular weight excluding hydrogens is 204 g/mol.